The lowest BCUT2D eigenvalue weighted by Gasteiger charge is -2.33. The Bertz CT molecular complexity index is 1100. The summed E-state index contributed by atoms with van der Waals surface area (Å²) in [6.45, 7) is 8.22. The summed E-state index contributed by atoms with van der Waals surface area (Å²) in [7, 11) is 2.09. The van der Waals surface area contributed by atoms with Gasteiger partial charge in [-0.15, -0.1) is 0 Å². The fraction of sp³-hybridized carbons (Fsp3) is 0.375. The third-order valence-electron chi connectivity index (χ3n) is 5.38. The summed E-state index contributed by atoms with van der Waals surface area (Å²) < 4.78 is 11.3. The average Bonchev–Trinajstić information content (AvgIpc) is 2.80. The zero-order valence-corrected chi connectivity index (χ0v) is 18.8. The second-order valence-corrected chi connectivity index (χ2v) is 7.65. The number of piperazine rings is 1. The van der Waals surface area contributed by atoms with Crippen LogP contribution in [0.3, 0.4) is 0 Å². The van der Waals surface area contributed by atoms with Crippen molar-refractivity contribution in [2.45, 2.75) is 13.8 Å². The molecule has 8 nitrogen and oxygen atoms in total. The van der Waals surface area contributed by atoms with E-state index in [2.05, 4.69) is 22.2 Å². The first-order valence-electron chi connectivity index (χ1n) is 11.0. The number of nitrogens with one attached hydrogen (secondary N) is 1. The molecule has 1 N–H and O–H groups in total. The Kier molecular flexibility index (Phi) is 6.70. The lowest BCUT2D eigenvalue weighted by atomic mass is 10.2. The maximum Gasteiger partial charge on any atom is 0.278 e. The van der Waals surface area contributed by atoms with Gasteiger partial charge in [-0.3, -0.25) is 4.79 Å². The van der Waals surface area contributed by atoms with E-state index in [4.69, 9.17) is 19.4 Å². The van der Waals surface area contributed by atoms with Crippen LogP contribution in [0.15, 0.2) is 42.5 Å². The van der Waals surface area contributed by atoms with Gasteiger partial charge in [-0.1, -0.05) is 12.1 Å². The number of carbonyl (C=O) groups excluding carboxylic acids is 1. The van der Waals surface area contributed by atoms with Gasteiger partial charge in [0.2, 0.25) is 0 Å². The summed E-state index contributed by atoms with van der Waals surface area (Å²) in [6.07, 6.45) is 0. The van der Waals surface area contributed by atoms with Crippen molar-refractivity contribution in [2.24, 2.45) is 0 Å². The normalized spacial score (nSPS) is 14.4. The molecule has 4 rings (SSSR count). The van der Waals surface area contributed by atoms with Crippen molar-refractivity contribution in [2.75, 3.05) is 56.7 Å². The second kappa shape index (κ2) is 9.82. The number of hydrogen-bond donors (Lipinski definition) is 1. The molecule has 1 aliphatic rings. The highest BCUT2D eigenvalue weighted by atomic mass is 16.5. The highest BCUT2D eigenvalue weighted by Gasteiger charge is 2.25. The number of rotatable bonds is 7. The topological polar surface area (TPSA) is 79.8 Å². The standard InChI is InChI=1S/C24H29N5O3/c1-4-31-17-10-11-21(32-5-2)20(16-17)27-24(30)22-23(29-14-12-28(3)13-15-29)26-19-9-7-6-8-18(19)25-22/h6-11,16H,4-5,12-15H2,1-3H3,(H,27,30). The van der Waals surface area contributed by atoms with Crippen LogP contribution in [0.1, 0.15) is 24.3 Å². The van der Waals surface area contributed by atoms with Crippen LogP contribution in [0.2, 0.25) is 0 Å². The summed E-state index contributed by atoms with van der Waals surface area (Å²) >= 11 is 0. The van der Waals surface area contributed by atoms with E-state index in [1.165, 1.54) is 0 Å². The van der Waals surface area contributed by atoms with E-state index in [0.29, 0.717) is 47.4 Å². The average molecular weight is 436 g/mol. The number of likely N-dealkylation sites (N-methyl/N-ethyl adjacent to an activating group) is 1. The lowest BCUT2D eigenvalue weighted by Crippen LogP contribution is -2.45. The minimum Gasteiger partial charge on any atom is -0.494 e. The molecule has 1 fully saturated rings. The van der Waals surface area contributed by atoms with Crippen LogP contribution < -0.4 is 19.7 Å². The summed E-state index contributed by atoms with van der Waals surface area (Å²) in [5.41, 5.74) is 2.30. The Labute approximate surface area is 188 Å². The van der Waals surface area contributed by atoms with Crippen molar-refractivity contribution in [3.8, 4) is 11.5 Å². The van der Waals surface area contributed by atoms with Gasteiger partial charge in [0.05, 0.1) is 29.9 Å². The smallest absolute Gasteiger partial charge is 0.278 e. The predicted molar refractivity (Wildman–Crippen MR) is 126 cm³/mol. The first-order valence-corrected chi connectivity index (χ1v) is 11.0. The SMILES string of the molecule is CCOc1ccc(OCC)c(NC(=O)c2nc3ccccc3nc2N2CCN(C)CC2)c1. The van der Waals surface area contributed by atoms with Crippen molar-refractivity contribution >= 4 is 28.4 Å². The monoisotopic (exact) mass is 435 g/mol. The Morgan fingerprint density at radius 1 is 0.969 bits per heavy atom. The summed E-state index contributed by atoms with van der Waals surface area (Å²) in [5.74, 6) is 1.52. The molecule has 0 saturated carbocycles. The van der Waals surface area contributed by atoms with Gasteiger partial charge in [0.15, 0.2) is 11.5 Å². The number of anilines is 2. The van der Waals surface area contributed by atoms with Crippen molar-refractivity contribution in [3.05, 3.63) is 48.2 Å². The van der Waals surface area contributed by atoms with Gasteiger partial charge >= 0.3 is 0 Å². The lowest BCUT2D eigenvalue weighted by molar-refractivity contribution is 0.102. The molecule has 0 atom stereocenters. The minimum absolute atomic E-state index is 0.303. The van der Waals surface area contributed by atoms with Crippen LogP contribution in [0.4, 0.5) is 11.5 Å². The molecule has 0 aliphatic carbocycles. The van der Waals surface area contributed by atoms with E-state index >= 15 is 0 Å². The molecule has 0 spiro atoms. The van der Waals surface area contributed by atoms with Gasteiger partial charge in [-0.05, 0) is 45.2 Å². The summed E-state index contributed by atoms with van der Waals surface area (Å²) in [4.78, 5) is 27.4. The third kappa shape index (κ3) is 4.75. The summed E-state index contributed by atoms with van der Waals surface area (Å²) in [5, 5.41) is 2.98. The van der Waals surface area contributed by atoms with E-state index < -0.39 is 0 Å². The van der Waals surface area contributed by atoms with Crippen LogP contribution in [-0.2, 0) is 0 Å². The quantitative estimate of drug-likeness (QED) is 0.609. The second-order valence-electron chi connectivity index (χ2n) is 7.65. The molecule has 168 valence electrons. The predicted octanol–water partition coefficient (Wildman–Crippen LogP) is 3.43. The Balaban J connectivity index is 1.71. The maximum absolute atomic E-state index is 13.5. The molecule has 1 aliphatic heterocycles. The van der Waals surface area contributed by atoms with Crippen molar-refractivity contribution in [1.29, 1.82) is 0 Å². The molecule has 1 amide bonds. The molecular formula is C24H29N5O3. The van der Waals surface area contributed by atoms with Gasteiger partial charge in [0, 0.05) is 32.2 Å². The summed E-state index contributed by atoms with van der Waals surface area (Å²) in [6, 6.07) is 13.0. The molecular weight excluding hydrogens is 406 g/mol. The van der Waals surface area contributed by atoms with Crippen LogP contribution >= 0.6 is 0 Å². The van der Waals surface area contributed by atoms with E-state index in [9.17, 15) is 4.79 Å². The number of benzene rings is 2. The number of fused-ring (bicyclic) bond motifs is 1. The van der Waals surface area contributed by atoms with E-state index in [0.717, 1.165) is 31.7 Å². The number of hydrogen-bond acceptors (Lipinski definition) is 7. The van der Waals surface area contributed by atoms with Crippen molar-refractivity contribution in [1.82, 2.24) is 14.9 Å². The van der Waals surface area contributed by atoms with Crippen molar-refractivity contribution < 1.29 is 14.3 Å². The molecule has 1 aromatic heterocycles. The fourth-order valence-corrected chi connectivity index (χ4v) is 3.71. The fourth-order valence-electron chi connectivity index (χ4n) is 3.71. The number of nitrogens with zero attached hydrogens (tertiary/aromatic N) is 4. The van der Waals surface area contributed by atoms with Gasteiger partial charge < -0.3 is 24.6 Å². The first kappa shape index (κ1) is 21.8. The van der Waals surface area contributed by atoms with Crippen LogP contribution in [0.5, 0.6) is 11.5 Å². The van der Waals surface area contributed by atoms with Crippen LogP contribution in [0, 0.1) is 0 Å². The maximum atomic E-state index is 13.5. The molecule has 32 heavy (non-hydrogen) atoms. The number of aromatic nitrogens is 2. The van der Waals surface area contributed by atoms with E-state index in [1.54, 1.807) is 12.1 Å². The third-order valence-corrected chi connectivity index (χ3v) is 5.38. The molecule has 1 saturated heterocycles. The van der Waals surface area contributed by atoms with E-state index in [1.807, 2.05) is 44.2 Å². The zero-order chi connectivity index (χ0) is 22.5. The van der Waals surface area contributed by atoms with Gasteiger partial charge in [-0.2, -0.15) is 0 Å². The number of para-hydroxylation sites is 2. The van der Waals surface area contributed by atoms with Crippen LogP contribution in [-0.4, -0.2) is 67.2 Å². The van der Waals surface area contributed by atoms with Crippen LogP contribution in [0.25, 0.3) is 11.0 Å². The number of carbonyl (C=O) groups is 1. The Hall–Kier alpha value is -3.39. The molecule has 2 heterocycles. The number of amides is 1. The highest BCUT2D eigenvalue weighted by Crippen LogP contribution is 2.31. The Morgan fingerprint density at radius 3 is 2.34 bits per heavy atom. The molecule has 0 bridgehead atoms. The molecule has 8 heteroatoms. The largest absolute Gasteiger partial charge is 0.494 e. The van der Waals surface area contributed by atoms with E-state index in [-0.39, 0.29) is 5.91 Å². The molecule has 3 aromatic rings. The van der Waals surface area contributed by atoms with Crippen molar-refractivity contribution in [3.63, 3.8) is 0 Å². The van der Waals surface area contributed by atoms with Gasteiger partial charge in [0.25, 0.3) is 5.91 Å². The van der Waals surface area contributed by atoms with Gasteiger partial charge in [0.1, 0.15) is 11.5 Å². The molecule has 0 unspecified atom stereocenters. The number of ether oxygens (including phenoxy) is 2. The minimum atomic E-state index is -0.327. The first-order chi connectivity index (χ1) is 15.6. The Morgan fingerprint density at radius 2 is 1.66 bits per heavy atom. The zero-order valence-electron chi connectivity index (χ0n) is 18.8. The molecule has 2 aromatic carbocycles. The van der Waals surface area contributed by atoms with Gasteiger partial charge in [-0.25, -0.2) is 9.97 Å². The highest BCUT2D eigenvalue weighted by molar-refractivity contribution is 6.08. The molecule has 0 radical (unpaired) electrons.